The van der Waals surface area contributed by atoms with Gasteiger partial charge in [-0.1, -0.05) is 6.07 Å². The number of imidazole rings is 1. The third-order valence-electron chi connectivity index (χ3n) is 5.76. The number of carbonyl (C=O) groups excluding carboxylic acids is 2. The van der Waals surface area contributed by atoms with Crippen LogP contribution in [-0.4, -0.2) is 46.2 Å². The highest BCUT2D eigenvalue weighted by Gasteiger charge is 2.19. The van der Waals surface area contributed by atoms with E-state index >= 15 is 0 Å². The highest BCUT2D eigenvalue weighted by atomic mass is 32.1. The lowest BCUT2D eigenvalue weighted by molar-refractivity contribution is 0.0602. The molecule has 10 heteroatoms. The van der Waals surface area contributed by atoms with Gasteiger partial charge in [0.15, 0.2) is 0 Å². The third-order valence-corrected chi connectivity index (χ3v) is 6.73. The summed E-state index contributed by atoms with van der Waals surface area (Å²) in [5.74, 6) is 0.0595. The fourth-order valence-electron chi connectivity index (χ4n) is 3.98. The molecule has 3 aromatic heterocycles. The monoisotopic (exact) mass is 514 g/mol. The van der Waals surface area contributed by atoms with E-state index in [4.69, 9.17) is 9.47 Å². The average molecular weight is 515 g/mol. The summed E-state index contributed by atoms with van der Waals surface area (Å²) in [5.41, 5.74) is 3.97. The first-order chi connectivity index (χ1) is 17.9. The summed E-state index contributed by atoms with van der Waals surface area (Å²) in [6, 6.07) is 15.6. The zero-order chi connectivity index (χ0) is 26.1. The van der Waals surface area contributed by atoms with Crippen molar-refractivity contribution in [1.29, 1.82) is 0 Å². The minimum Gasteiger partial charge on any atom is -0.507 e. The largest absolute Gasteiger partial charge is 0.507 e. The van der Waals surface area contributed by atoms with Crippen molar-refractivity contribution >= 4 is 39.2 Å². The number of rotatable bonds is 6. The molecule has 0 aliphatic rings. The molecule has 186 valence electrons. The number of H-pyrrole nitrogens is 1. The van der Waals surface area contributed by atoms with Gasteiger partial charge in [0.2, 0.25) is 5.88 Å². The van der Waals surface area contributed by atoms with E-state index < -0.39 is 5.97 Å². The number of carbonyl (C=O) groups is 2. The Morgan fingerprint density at radius 2 is 1.89 bits per heavy atom. The number of benzene rings is 2. The Kier molecular flexibility index (Phi) is 6.33. The van der Waals surface area contributed by atoms with Gasteiger partial charge in [0.05, 0.1) is 36.4 Å². The standard InChI is InChI=1S/C27H22N4O5S/c1-14-11-19(27(34)36-3)26(37-14)31-24(33)16-6-8-20-21(13-16)30-23(29-20)18-12-15(7-9-22(18)32)17-5-4-10-28-25(17)35-2/h4-13,32H,1-3H3,(H,29,30)(H,31,33). The molecule has 3 N–H and O–H groups in total. The number of aromatic nitrogens is 3. The van der Waals surface area contributed by atoms with Gasteiger partial charge < -0.3 is 24.9 Å². The summed E-state index contributed by atoms with van der Waals surface area (Å²) < 4.78 is 10.2. The lowest BCUT2D eigenvalue weighted by Crippen LogP contribution is -2.13. The van der Waals surface area contributed by atoms with Crippen molar-refractivity contribution in [2.45, 2.75) is 6.92 Å². The first-order valence-electron chi connectivity index (χ1n) is 11.2. The van der Waals surface area contributed by atoms with Gasteiger partial charge in [-0.25, -0.2) is 14.8 Å². The molecular weight excluding hydrogens is 492 g/mol. The third kappa shape index (κ3) is 4.62. The number of thiophene rings is 1. The summed E-state index contributed by atoms with van der Waals surface area (Å²) in [4.78, 5) is 37.9. The van der Waals surface area contributed by atoms with Crippen LogP contribution in [0.4, 0.5) is 5.00 Å². The van der Waals surface area contributed by atoms with Crippen LogP contribution < -0.4 is 10.1 Å². The van der Waals surface area contributed by atoms with Crippen LogP contribution in [-0.2, 0) is 4.74 Å². The minimum absolute atomic E-state index is 0.0482. The number of esters is 1. The number of aromatic hydroxyl groups is 1. The Morgan fingerprint density at radius 1 is 1.05 bits per heavy atom. The Bertz CT molecular complexity index is 1660. The van der Waals surface area contributed by atoms with Crippen LogP contribution in [0.25, 0.3) is 33.5 Å². The molecular formula is C27H22N4O5S. The molecule has 0 saturated heterocycles. The zero-order valence-corrected chi connectivity index (χ0v) is 21.0. The van der Waals surface area contributed by atoms with Gasteiger partial charge in [0, 0.05) is 22.2 Å². The zero-order valence-electron chi connectivity index (χ0n) is 20.2. The number of phenols is 1. The van der Waals surface area contributed by atoms with E-state index in [0.29, 0.717) is 44.4 Å². The van der Waals surface area contributed by atoms with Gasteiger partial charge in [0.1, 0.15) is 16.6 Å². The van der Waals surface area contributed by atoms with E-state index in [1.165, 1.54) is 18.4 Å². The topological polar surface area (TPSA) is 126 Å². The molecule has 0 radical (unpaired) electrons. The normalized spacial score (nSPS) is 10.9. The van der Waals surface area contributed by atoms with Gasteiger partial charge in [-0.3, -0.25) is 4.79 Å². The molecule has 5 rings (SSSR count). The molecule has 2 aromatic carbocycles. The molecule has 9 nitrogen and oxygen atoms in total. The van der Waals surface area contributed by atoms with Crippen LogP contribution in [0.1, 0.15) is 25.6 Å². The second-order valence-electron chi connectivity index (χ2n) is 8.16. The Labute approximate surface area is 215 Å². The number of fused-ring (bicyclic) bond motifs is 1. The fraction of sp³-hybridized carbons (Fsp3) is 0.111. The molecule has 0 fully saturated rings. The molecule has 0 bridgehead atoms. The number of hydrogen-bond donors (Lipinski definition) is 3. The second kappa shape index (κ2) is 9.75. The molecule has 1 amide bonds. The predicted octanol–water partition coefficient (Wildman–Crippen LogP) is 5.41. The summed E-state index contributed by atoms with van der Waals surface area (Å²) in [6.07, 6.45) is 1.65. The van der Waals surface area contributed by atoms with E-state index in [2.05, 4.69) is 20.3 Å². The van der Waals surface area contributed by atoms with Crippen LogP contribution in [0.3, 0.4) is 0 Å². The second-order valence-corrected chi connectivity index (χ2v) is 9.41. The van der Waals surface area contributed by atoms with Crippen molar-refractivity contribution in [3.8, 4) is 34.1 Å². The summed E-state index contributed by atoms with van der Waals surface area (Å²) in [7, 11) is 2.85. The number of ether oxygens (including phenoxy) is 2. The number of phenolic OH excluding ortho intramolecular Hbond substituents is 1. The molecule has 0 unspecified atom stereocenters. The molecule has 37 heavy (non-hydrogen) atoms. The highest BCUT2D eigenvalue weighted by Crippen LogP contribution is 2.36. The maximum Gasteiger partial charge on any atom is 0.340 e. The van der Waals surface area contributed by atoms with E-state index in [-0.39, 0.29) is 11.7 Å². The Balaban J connectivity index is 1.47. The smallest absolute Gasteiger partial charge is 0.340 e. The number of amides is 1. The number of aromatic amines is 1. The Morgan fingerprint density at radius 3 is 2.68 bits per heavy atom. The highest BCUT2D eigenvalue weighted by molar-refractivity contribution is 7.16. The molecule has 5 aromatic rings. The number of anilines is 1. The van der Waals surface area contributed by atoms with Crippen molar-refractivity contribution in [3.05, 3.63) is 76.8 Å². The van der Waals surface area contributed by atoms with Crippen LogP contribution in [0, 0.1) is 6.92 Å². The van der Waals surface area contributed by atoms with Crippen molar-refractivity contribution in [1.82, 2.24) is 15.0 Å². The number of pyridine rings is 1. The first kappa shape index (κ1) is 24.0. The minimum atomic E-state index is -0.516. The van der Waals surface area contributed by atoms with E-state index in [9.17, 15) is 14.7 Å². The maximum atomic E-state index is 13.0. The molecule has 0 saturated carbocycles. The molecule has 3 heterocycles. The van der Waals surface area contributed by atoms with Gasteiger partial charge in [-0.2, -0.15) is 0 Å². The molecule has 0 spiro atoms. The number of hydrogen-bond acceptors (Lipinski definition) is 8. The lowest BCUT2D eigenvalue weighted by atomic mass is 10.0. The summed E-state index contributed by atoms with van der Waals surface area (Å²) >= 11 is 1.29. The number of nitrogens with one attached hydrogen (secondary N) is 2. The SMILES string of the molecule is COC(=O)c1cc(C)sc1NC(=O)c1ccc2[nH]c(-c3cc(-c4cccnc4OC)ccc3O)nc2c1. The van der Waals surface area contributed by atoms with Crippen molar-refractivity contribution in [2.75, 3.05) is 19.5 Å². The van der Waals surface area contributed by atoms with Gasteiger partial charge in [-0.05, 0) is 61.0 Å². The number of aryl methyl sites for hydroxylation is 1. The van der Waals surface area contributed by atoms with E-state index in [0.717, 1.165) is 16.0 Å². The Hall–Kier alpha value is -4.70. The van der Waals surface area contributed by atoms with Crippen LogP contribution >= 0.6 is 11.3 Å². The summed E-state index contributed by atoms with van der Waals surface area (Å²) in [5, 5.41) is 13.8. The number of methoxy groups -OCH3 is 2. The van der Waals surface area contributed by atoms with Crippen LogP contribution in [0.2, 0.25) is 0 Å². The van der Waals surface area contributed by atoms with Gasteiger partial charge in [-0.15, -0.1) is 11.3 Å². The first-order valence-corrected chi connectivity index (χ1v) is 12.0. The maximum absolute atomic E-state index is 13.0. The summed E-state index contributed by atoms with van der Waals surface area (Å²) in [6.45, 7) is 1.85. The van der Waals surface area contributed by atoms with Crippen molar-refractivity contribution in [3.63, 3.8) is 0 Å². The van der Waals surface area contributed by atoms with Gasteiger partial charge in [0.25, 0.3) is 5.91 Å². The van der Waals surface area contributed by atoms with Crippen molar-refractivity contribution < 1.29 is 24.2 Å². The van der Waals surface area contributed by atoms with Crippen LogP contribution in [0.15, 0.2) is 60.8 Å². The molecule has 0 aliphatic carbocycles. The van der Waals surface area contributed by atoms with Crippen molar-refractivity contribution in [2.24, 2.45) is 0 Å². The lowest BCUT2D eigenvalue weighted by Gasteiger charge is -2.09. The predicted molar refractivity (Wildman–Crippen MR) is 141 cm³/mol. The van der Waals surface area contributed by atoms with E-state index in [1.54, 1.807) is 55.8 Å². The van der Waals surface area contributed by atoms with Crippen LogP contribution in [0.5, 0.6) is 11.6 Å². The van der Waals surface area contributed by atoms with E-state index in [1.807, 2.05) is 19.1 Å². The average Bonchev–Trinajstić information content (AvgIpc) is 3.50. The molecule has 0 aliphatic heterocycles. The van der Waals surface area contributed by atoms with Gasteiger partial charge >= 0.3 is 5.97 Å². The number of nitrogens with zero attached hydrogens (tertiary/aromatic N) is 2. The quantitative estimate of drug-likeness (QED) is 0.258. The fourth-order valence-corrected chi connectivity index (χ4v) is 4.88. The molecule has 0 atom stereocenters.